The van der Waals surface area contributed by atoms with Gasteiger partial charge in [0.1, 0.15) is 0 Å². The van der Waals surface area contributed by atoms with Crippen molar-refractivity contribution in [2.75, 3.05) is 32.8 Å². The summed E-state index contributed by atoms with van der Waals surface area (Å²) in [5.41, 5.74) is 5.27. The van der Waals surface area contributed by atoms with E-state index < -0.39 is 5.60 Å². The van der Waals surface area contributed by atoms with Gasteiger partial charge >= 0.3 is 0 Å². The zero-order chi connectivity index (χ0) is 11.5. The third kappa shape index (κ3) is 2.12. The zero-order valence-electron chi connectivity index (χ0n) is 10.0. The van der Waals surface area contributed by atoms with E-state index in [1.165, 1.54) is 0 Å². The van der Waals surface area contributed by atoms with E-state index in [1.807, 2.05) is 0 Å². The van der Waals surface area contributed by atoms with Crippen molar-refractivity contribution < 1.29 is 9.84 Å². The summed E-state index contributed by atoms with van der Waals surface area (Å²) in [7, 11) is 0. The van der Waals surface area contributed by atoms with Crippen LogP contribution >= 0.6 is 0 Å². The number of ether oxygens (including phenoxy) is 1. The summed E-state index contributed by atoms with van der Waals surface area (Å²) in [6.45, 7) is 3.98. The summed E-state index contributed by atoms with van der Waals surface area (Å²) in [5.74, 6) is 0. The van der Waals surface area contributed by atoms with Crippen LogP contribution in [0.2, 0.25) is 0 Å². The molecule has 1 unspecified atom stereocenters. The average Bonchev–Trinajstić information content (AvgIpc) is 2.56. The van der Waals surface area contributed by atoms with Gasteiger partial charge in [-0.05, 0) is 45.2 Å². The Morgan fingerprint density at radius 1 is 1.12 bits per heavy atom. The number of nitrogens with two attached hydrogens (primary N) is 1. The summed E-state index contributed by atoms with van der Waals surface area (Å²) < 4.78 is 5.41. The molecule has 0 spiro atoms. The molecule has 0 aliphatic carbocycles. The van der Waals surface area contributed by atoms with Crippen LogP contribution in [0.4, 0.5) is 0 Å². The molecule has 4 nitrogen and oxygen atoms in total. The van der Waals surface area contributed by atoms with Crippen LogP contribution in [0, 0.1) is 5.41 Å². The minimum absolute atomic E-state index is 0.114. The largest absolute Gasteiger partial charge is 0.389 e. The van der Waals surface area contributed by atoms with Gasteiger partial charge in [-0.3, -0.25) is 0 Å². The lowest BCUT2D eigenvalue weighted by Gasteiger charge is -2.49. The van der Waals surface area contributed by atoms with Gasteiger partial charge < -0.3 is 20.9 Å². The highest BCUT2D eigenvalue weighted by Crippen LogP contribution is 2.45. The second kappa shape index (κ2) is 5.00. The fraction of sp³-hybridized carbons (Fsp3) is 1.00. The first-order valence-electron chi connectivity index (χ1n) is 6.43. The fourth-order valence-corrected chi connectivity index (χ4v) is 3.20. The lowest BCUT2D eigenvalue weighted by Crippen LogP contribution is -2.55. The monoisotopic (exact) mass is 228 g/mol. The quantitative estimate of drug-likeness (QED) is 0.633. The third-order valence-corrected chi connectivity index (χ3v) is 4.49. The van der Waals surface area contributed by atoms with Crippen molar-refractivity contribution in [2.24, 2.45) is 11.1 Å². The van der Waals surface area contributed by atoms with E-state index in [2.05, 4.69) is 5.32 Å². The van der Waals surface area contributed by atoms with Crippen molar-refractivity contribution in [1.29, 1.82) is 0 Å². The van der Waals surface area contributed by atoms with E-state index in [0.717, 1.165) is 58.4 Å². The number of rotatable bonds is 2. The number of nitrogens with one attached hydrogen (secondary N) is 1. The molecule has 2 rings (SSSR count). The molecule has 2 aliphatic rings. The molecule has 2 saturated heterocycles. The Morgan fingerprint density at radius 2 is 1.88 bits per heavy atom. The van der Waals surface area contributed by atoms with E-state index in [4.69, 9.17) is 10.5 Å². The Kier molecular flexibility index (Phi) is 3.85. The summed E-state index contributed by atoms with van der Waals surface area (Å²) in [6, 6.07) is 0. The minimum atomic E-state index is -0.588. The summed E-state index contributed by atoms with van der Waals surface area (Å²) in [6.07, 6.45) is 4.54. The highest BCUT2D eigenvalue weighted by Gasteiger charge is 2.49. The molecule has 2 heterocycles. The molecule has 1 atom stereocenters. The molecule has 4 N–H and O–H groups in total. The van der Waals surface area contributed by atoms with Crippen molar-refractivity contribution in [2.45, 2.75) is 37.7 Å². The van der Waals surface area contributed by atoms with Crippen LogP contribution in [-0.4, -0.2) is 43.6 Å². The molecule has 16 heavy (non-hydrogen) atoms. The van der Waals surface area contributed by atoms with Gasteiger partial charge in [0.2, 0.25) is 0 Å². The minimum Gasteiger partial charge on any atom is -0.389 e. The van der Waals surface area contributed by atoms with Crippen molar-refractivity contribution in [3.63, 3.8) is 0 Å². The van der Waals surface area contributed by atoms with Crippen LogP contribution in [0.1, 0.15) is 32.1 Å². The molecule has 0 bridgehead atoms. The van der Waals surface area contributed by atoms with Gasteiger partial charge in [-0.2, -0.15) is 0 Å². The molecule has 2 aliphatic heterocycles. The Morgan fingerprint density at radius 3 is 2.56 bits per heavy atom. The van der Waals surface area contributed by atoms with Crippen LogP contribution in [0.25, 0.3) is 0 Å². The van der Waals surface area contributed by atoms with Gasteiger partial charge in [0, 0.05) is 25.2 Å². The van der Waals surface area contributed by atoms with Crippen molar-refractivity contribution in [3.05, 3.63) is 0 Å². The lowest BCUT2D eigenvalue weighted by atomic mass is 9.64. The Labute approximate surface area is 97.5 Å². The zero-order valence-corrected chi connectivity index (χ0v) is 10.0. The maximum absolute atomic E-state index is 11.0. The van der Waals surface area contributed by atoms with Gasteiger partial charge in [0.15, 0.2) is 0 Å². The van der Waals surface area contributed by atoms with Crippen LogP contribution in [-0.2, 0) is 4.74 Å². The van der Waals surface area contributed by atoms with Crippen molar-refractivity contribution in [1.82, 2.24) is 5.32 Å². The van der Waals surface area contributed by atoms with Crippen molar-refractivity contribution in [3.8, 4) is 0 Å². The van der Waals surface area contributed by atoms with E-state index in [9.17, 15) is 5.11 Å². The van der Waals surface area contributed by atoms with Crippen LogP contribution in [0.3, 0.4) is 0 Å². The summed E-state index contributed by atoms with van der Waals surface area (Å²) in [4.78, 5) is 0. The molecule has 4 heteroatoms. The first-order chi connectivity index (χ1) is 7.72. The van der Waals surface area contributed by atoms with Gasteiger partial charge in [0.25, 0.3) is 0 Å². The molecule has 0 saturated carbocycles. The predicted octanol–water partition coefficient (Wildman–Crippen LogP) is 0.246. The van der Waals surface area contributed by atoms with E-state index in [-0.39, 0.29) is 5.41 Å². The Bertz CT molecular complexity index is 219. The molecule has 0 aromatic rings. The first-order valence-corrected chi connectivity index (χ1v) is 6.43. The SMILES string of the molecule is NCC1(C2(O)CCCNCC2)CCOCC1. The first kappa shape index (κ1) is 12.3. The van der Waals surface area contributed by atoms with Gasteiger partial charge in [-0.25, -0.2) is 0 Å². The van der Waals surface area contributed by atoms with E-state index >= 15 is 0 Å². The highest BCUT2D eigenvalue weighted by molar-refractivity contribution is 5.01. The summed E-state index contributed by atoms with van der Waals surface area (Å²) >= 11 is 0. The van der Waals surface area contributed by atoms with Gasteiger partial charge in [-0.15, -0.1) is 0 Å². The highest BCUT2D eigenvalue weighted by atomic mass is 16.5. The second-order valence-corrected chi connectivity index (χ2v) is 5.23. The maximum Gasteiger partial charge on any atom is 0.0730 e. The molecule has 0 radical (unpaired) electrons. The van der Waals surface area contributed by atoms with Crippen LogP contribution in [0.5, 0.6) is 0 Å². The number of aliphatic hydroxyl groups is 1. The topological polar surface area (TPSA) is 67.5 Å². The van der Waals surface area contributed by atoms with E-state index in [0.29, 0.717) is 6.54 Å². The molecule has 2 fully saturated rings. The maximum atomic E-state index is 11.0. The van der Waals surface area contributed by atoms with Gasteiger partial charge in [0.05, 0.1) is 5.60 Å². The average molecular weight is 228 g/mol. The standard InChI is InChI=1S/C12H24N2O2/c13-10-11(4-8-16-9-5-11)12(15)2-1-6-14-7-3-12/h14-15H,1-10,13H2. The summed E-state index contributed by atoms with van der Waals surface area (Å²) in [5, 5.41) is 14.3. The molecular formula is C12H24N2O2. The second-order valence-electron chi connectivity index (χ2n) is 5.23. The molecular weight excluding hydrogens is 204 g/mol. The molecule has 94 valence electrons. The normalized spacial score (nSPS) is 35.6. The van der Waals surface area contributed by atoms with Crippen LogP contribution < -0.4 is 11.1 Å². The fourth-order valence-electron chi connectivity index (χ4n) is 3.20. The van der Waals surface area contributed by atoms with Crippen molar-refractivity contribution >= 4 is 0 Å². The van der Waals surface area contributed by atoms with E-state index in [1.54, 1.807) is 0 Å². The molecule has 0 amide bonds. The molecule has 0 aromatic heterocycles. The Hall–Kier alpha value is -0.160. The third-order valence-electron chi connectivity index (χ3n) is 4.49. The van der Waals surface area contributed by atoms with Gasteiger partial charge in [-0.1, -0.05) is 0 Å². The molecule has 0 aromatic carbocycles. The number of hydrogen-bond donors (Lipinski definition) is 3. The smallest absolute Gasteiger partial charge is 0.0730 e. The Balaban J connectivity index is 2.16. The number of hydrogen-bond acceptors (Lipinski definition) is 4. The predicted molar refractivity (Wildman–Crippen MR) is 63.2 cm³/mol. The van der Waals surface area contributed by atoms with Crippen LogP contribution in [0.15, 0.2) is 0 Å². The lowest BCUT2D eigenvalue weighted by molar-refractivity contribution is -0.134.